The number of phenols is 1. The third-order valence-electron chi connectivity index (χ3n) is 3.11. The molecule has 0 saturated carbocycles. The van der Waals surface area contributed by atoms with Crippen LogP contribution < -0.4 is 10.2 Å². The highest BCUT2D eigenvalue weighted by atomic mass is 16.3. The topological polar surface area (TPSA) is 81.2 Å². The van der Waals surface area contributed by atoms with Gasteiger partial charge in [-0.05, 0) is 26.0 Å². The lowest BCUT2D eigenvalue weighted by Crippen LogP contribution is -2.22. The number of nitrogens with zero attached hydrogens (tertiary/aromatic N) is 2. The fourth-order valence-corrected chi connectivity index (χ4v) is 2.02. The number of phenolic OH excluding ortho intramolecular Hbond substituents is 1. The summed E-state index contributed by atoms with van der Waals surface area (Å²) in [5.41, 5.74) is 1.69. The first-order chi connectivity index (χ1) is 9.65. The molecule has 2 aromatic rings. The van der Waals surface area contributed by atoms with Crippen molar-refractivity contribution in [3.05, 3.63) is 36.2 Å². The SMILES string of the molecule is CCN(CC)c1ccc(C(=O)Nc2cn[nH]c2)c(O)c1. The number of carbonyl (C=O) groups is 1. The molecule has 1 amide bonds. The number of rotatable bonds is 5. The zero-order chi connectivity index (χ0) is 14.5. The van der Waals surface area contributed by atoms with E-state index in [9.17, 15) is 9.90 Å². The zero-order valence-corrected chi connectivity index (χ0v) is 11.6. The van der Waals surface area contributed by atoms with Crippen LogP contribution in [0.25, 0.3) is 0 Å². The maximum absolute atomic E-state index is 12.0. The summed E-state index contributed by atoms with van der Waals surface area (Å²) < 4.78 is 0. The van der Waals surface area contributed by atoms with Crippen molar-refractivity contribution in [1.82, 2.24) is 10.2 Å². The van der Waals surface area contributed by atoms with Crippen LogP contribution in [0.4, 0.5) is 11.4 Å². The molecule has 0 aliphatic carbocycles. The molecular weight excluding hydrogens is 256 g/mol. The number of benzene rings is 1. The van der Waals surface area contributed by atoms with E-state index in [1.165, 1.54) is 6.20 Å². The predicted octanol–water partition coefficient (Wildman–Crippen LogP) is 2.21. The Labute approximate surface area is 117 Å². The molecule has 6 heteroatoms. The van der Waals surface area contributed by atoms with Crippen LogP contribution in [0.5, 0.6) is 5.75 Å². The van der Waals surface area contributed by atoms with Crippen LogP contribution in [-0.4, -0.2) is 34.3 Å². The van der Waals surface area contributed by atoms with Gasteiger partial charge in [-0.2, -0.15) is 5.10 Å². The van der Waals surface area contributed by atoms with E-state index in [0.29, 0.717) is 5.69 Å². The lowest BCUT2D eigenvalue weighted by molar-refractivity contribution is 0.102. The molecule has 0 unspecified atom stereocenters. The fraction of sp³-hybridized carbons (Fsp3) is 0.286. The second-order valence-electron chi connectivity index (χ2n) is 4.31. The number of anilines is 2. The van der Waals surface area contributed by atoms with E-state index in [0.717, 1.165) is 18.8 Å². The van der Waals surface area contributed by atoms with Crippen LogP contribution in [0.15, 0.2) is 30.6 Å². The van der Waals surface area contributed by atoms with Crippen molar-refractivity contribution < 1.29 is 9.90 Å². The van der Waals surface area contributed by atoms with E-state index in [4.69, 9.17) is 0 Å². The number of hydrogen-bond acceptors (Lipinski definition) is 4. The summed E-state index contributed by atoms with van der Waals surface area (Å²) in [6, 6.07) is 5.06. The molecule has 3 N–H and O–H groups in total. The van der Waals surface area contributed by atoms with Gasteiger partial charge in [-0.25, -0.2) is 0 Å². The molecule has 1 aromatic heterocycles. The van der Waals surface area contributed by atoms with Crippen LogP contribution >= 0.6 is 0 Å². The van der Waals surface area contributed by atoms with Gasteiger partial charge in [0, 0.05) is 31.0 Å². The molecule has 1 heterocycles. The molecule has 1 aromatic carbocycles. The predicted molar refractivity (Wildman–Crippen MR) is 78.2 cm³/mol. The average Bonchev–Trinajstić information content (AvgIpc) is 2.93. The molecule has 0 aliphatic heterocycles. The first kappa shape index (κ1) is 13.9. The molecular formula is C14H18N4O2. The molecule has 0 aliphatic rings. The summed E-state index contributed by atoms with van der Waals surface area (Å²) in [6.07, 6.45) is 3.07. The van der Waals surface area contributed by atoms with E-state index in [2.05, 4.69) is 20.4 Å². The van der Waals surface area contributed by atoms with Crippen LogP contribution in [0.2, 0.25) is 0 Å². The minimum atomic E-state index is -0.366. The van der Waals surface area contributed by atoms with Gasteiger partial charge in [0.1, 0.15) is 5.75 Å². The number of aromatic amines is 1. The number of aromatic hydroxyl groups is 1. The van der Waals surface area contributed by atoms with Crippen LogP contribution in [0, 0.1) is 0 Å². The average molecular weight is 274 g/mol. The minimum absolute atomic E-state index is 0.0320. The Morgan fingerprint density at radius 2 is 2.15 bits per heavy atom. The highest BCUT2D eigenvalue weighted by Gasteiger charge is 2.13. The molecule has 6 nitrogen and oxygen atoms in total. The number of hydrogen-bond donors (Lipinski definition) is 3. The highest BCUT2D eigenvalue weighted by Crippen LogP contribution is 2.25. The van der Waals surface area contributed by atoms with E-state index >= 15 is 0 Å². The summed E-state index contributed by atoms with van der Waals surface area (Å²) in [6.45, 7) is 5.77. The van der Waals surface area contributed by atoms with E-state index < -0.39 is 0 Å². The van der Waals surface area contributed by atoms with Crippen LogP contribution in [0.1, 0.15) is 24.2 Å². The molecule has 0 bridgehead atoms. The number of H-pyrrole nitrogens is 1. The summed E-state index contributed by atoms with van der Waals surface area (Å²) in [5.74, 6) is -0.398. The lowest BCUT2D eigenvalue weighted by Gasteiger charge is -2.21. The Morgan fingerprint density at radius 3 is 2.70 bits per heavy atom. The van der Waals surface area contributed by atoms with Gasteiger partial charge < -0.3 is 15.3 Å². The van der Waals surface area contributed by atoms with Crippen molar-refractivity contribution in [2.75, 3.05) is 23.3 Å². The van der Waals surface area contributed by atoms with Crippen molar-refractivity contribution in [2.24, 2.45) is 0 Å². The Kier molecular flexibility index (Phi) is 4.24. The molecule has 0 radical (unpaired) electrons. The van der Waals surface area contributed by atoms with Crippen molar-refractivity contribution in [1.29, 1.82) is 0 Å². The second-order valence-corrected chi connectivity index (χ2v) is 4.31. The number of carbonyl (C=O) groups excluding carboxylic acids is 1. The largest absolute Gasteiger partial charge is 0.507 e. The van der Waals surface area contributed by atoms with Gasteiger partial charge in [0.2, 0.25) is 0 Å². The van der Waals surface area contributed by atoms with Crippen molar-refractivity contribution in [3.63, 3.8) is 0 Å². The van der Waals surface area contributed by atoms with Gasteiger partial charge in [-0.15, -0.1) is 0 Å². The van der Waals surface area contributed by atoms with Crippen molar-refractivity contribution in [2.45, 2.75) is 13.8 Å². The third-order valence-corrected chi connectivity index (χ3v) is 3.11. The maximum Gasteiger partial charge on any atom is 0.259 e. The Balaban J connectivity index is 2.19. The molecule has 0 saturated heterocycles. The number of aromatic nitrogens is 2. The molecule has 20 heavy (non-hydrogen) atoms. The smallest absolute Gasteiger partial charge is 0.259 e. The van der Waals surface area contributed by atoms with E-state index in [1.54, 1.807) is 18.3 Å². The fourth-order valence-electron chi connectivity index (χ4n) is 2.02. The van der Waals surface area contributed by atoms with Gasteiger partial charge in [-0.1, -0.05) is 0 Å². The van der Waals surface area contributed by atoms with Gasteiger partial charge in [-0.3, -0.25) is 9.89 Å². The van der Waals surface area contributed by atoms with Crippen LogP contribution in [0.3, 0.4) is 0 Å². The van der Waals surface area contributed by atoms with Gasteiger partial charge in [0.25, 0.3) is 5.91 Å². The molecule has 0 atom stereocenters. The monoisotopic (exact) mass is 274 g/mol. The minimum Gasteiger partial charge on any atom is -0.507 e. The standard InChI is InChI=1S/C14H18N4O2/c1-3-18(4-2)11-5-6-12(13(19)7-11)14(20)17-10-8-15-16-9-10/h5-9,19H,3-4H2,1-2H3,(H,15,16)(H,17,20). The van der Waals surface area contributed by atoms with Crippen molar-refractivity contribution >= 4 is 17.3 Å². The Hall–Kier alpha value is -2.50. The lowest BCUT2D eigenvalue weighted by atomic mass is 10.1. The summed E-state index contributed by atoms with van der Waals surface area (Å²) >= 11 is 0. The number of nitrogens with one attached hydrogen (secondary N) is 2. The highest BCUT2D eigenvalue weighted by molar-refractivity contribution is 6.06. The quantitative estimate of drug-likeness (QED) is 0.781. The first-order valence-corrected chi connectivity index (χ1v) is 6.53. The van der Waals surface area contributed by atoms with Gasteiger partial charge >= 0.3 is 0 Å². The van der Waals surface area contributed by atoms with Crippen molar-refractivity contribution in [3.8, 4) is 5.75 Å². The van der Waals surface area contributed by atoms with E-state index in [1.807, 2.05) is 19.9 Å². The Bertz CT molecular complexity index is 577. The molecule has 106 valence electrons. The van der Waals surface area contributed by atoms with Gasteiger partial charge in [0.05, 0.1) is 17.4 Å². The third kappa shape index (κ3) is 2.90. The Morgan fingerprint density at radius 1 is 1.40 bits per heavy atom. The summed E-state index contributed by atoms with van der Waals surface area (Å²) in [5, 5.41) is 19.0. The van der Waals surface area contributed by atoms with Crippen LogP contribution in [-0.2, 0) is 0 Å². The van der Waals surface area contributed by atoms with Gasteiger partial charge in [0.15, 0.2) is 0 Å². The molecule has 0 fully saturated rings. The van der Waals surface area contributed by atoms with E-state index in [-0.39, 0.29) is 17.2 Å². The molecule has 0 spiro atoms. The molecule has 2 rings (SSSR count). The second kappa shape index (κ2) is 6.10. The first-order valence-electron chi connectivity index (χ1n) is 6.53. The summed E-state index contributed by atoms with van der Waals surface area (Å²) in [7, 11) is 0. The summed E-state index contributed by atoms with van der Waals surface area (Å²) in [4.78, 5) is 14.1. The number of amides is 1. The maximum atomic E-state index is 12.0. The zero-order valence-electron chi connectivity index (χ0n) is 11.6. The normalized spacial score (nSPS) is 10.3.